The van der Waals surface area contributed by atoms with E-state index in [0.29, 0.717) is 17.8 Å². The SMILES string of the molecule is Cc1ccc(N2C(=O)C(Cc3ccc(F)cc3)S/C2=C(\C#N)C(=O)Nc2ccc(F)cc2)cc1. The molecule has 170 valence electrons. The van der Waals surface area contributed by atoms with Crippen LogP contribution in [0.15, 0.2) is 83.4 Å². The van der Waals surface area contributed by atoms with E-state index in [2.05, 4.69) is 5.32 Å². The molecule has 1 N–H and O–H groups in total. The molecule has 1 unspecified atom stereocenters. The van der Waals surface area contributed by atoms with Gasteiger partial charge in [-0.05, 0) is 67.4 Å². The van der Waals surface area contributed by atoms with Crippen LogP contribution < -0.4 is 10.2 Å². The second-order valence-corrected chi connectivity index (χ2v) is 8.89. The number of amides is 2. The summed E-state index contributed by atoms with van der Waals surface area (Å²) >= 11 is 1.12. The Labute approximate surface area is 199 Å². The van der Waals surface area contributed by atoms with Crippen LogP contribution in [0, 0.1) is 29.9 Å². The molecule has 4 rings (SSSR count). The van der Waals surface area contributed by atoms with Crippen LogP contribution >= 0.6 is 11.8 Å². The summed E-state index contributed by atoms with van der Waals surface area (Å²) in [6, 6.07) is 20.1. The number of carbonyl (C=O) groups is 2. The number of nitrogens with zero attached hydrogens (tertiary/aromatic N) is 2. The highest BCUT2D eigenvalue weighted by atomic mass is 32.2. The minimum Gasteiger partial charge on any atom is -0.321 e. The van der Waals surface area contributed by atoms with Crippen molar-refractivity contribution >= 4 is 35.0 Å². The lowest BCUT2D eigenvalue weighted by Gasteiger charge is -2.19. The van der Waals surface area contributed by atoms with Gasteiger partial charge in [-0.15, -0.1) is 0 Å². The molecule has 1 aliphatic heterocycles. The van der Waals surface area contributed by atoms with Gasteiger partial charge in [0.1, 0.15) is 28.3 Å². The largest absolute Gasteiger partial charge is 0.321 e. The first-order valence-corrected chi connectivity index (χ1v) is 11.3. The first-order chi connectivity index (χ1) is 16.4. The van der Waals surface area contributed by atoms with E-state index in [1.807, 2.05) is 25.1 Å². The number of thioether (sulfide) groups is 1. The summed E-state index contributed by atoms with van der Waals surface area (Å²) in [7, 11) is 0. The van der Waals surface area contributed by atoms with Gasteiger partial charge in [0.2, 0.25) is 5.91 Å². The normalized spacial score (nSPS) is 16.8. The van der Waals surface area contributed by atoms with Crippen LogP contribution in [0.25, 0.3) is 0 Å². The summed E-state index contributed by atoms with van der Waals surface area (Å²) in [6.07, 6.45) is 0.300. The van der Waals surface area contributed by atoms with Crippen LogP contribution in [-0.4, -0.2) is 17.1 Å². The van der Waals surface area contributed by atoms with E-state index in [-0.39, 0.29) is 22.3 Å². The summed E-state index contributed by atoms with van der Waals surface area (Å²) in [5.74, 6) is -1.82. The van der Waals surface area contributed by atoms with E-state index in [9.17, 15) is 23.6 Å². The lowest BCUT2D eigenvalue weighted by atomic mass is 10.1. The zero-order valence-electron chi connectivity index (χ0n) is 18.1. The summed E-state index contributed by atoms with van der Waals surface area (Å²) in [5.41, 5.74) is 2.36. The van der Waals surface area contributed by atoms with Crippen molar-refractivity contribution in [3.63, 3.8) is 0 Å². The molecule has 1 fully saturated rings. The minimum absolute atomic E-state index is 0.211. The van der Waals surface area contributed by atoms with Gasteiger partial charge in [0.15, 0.2) is 0 Å². The summed E-state index contributed by atoms with van der Waals surface area (Å²) in [6.45, 7) is 1.91. The van der Waals surface area contributed by atoms with Gasteiger partial charge in [-0.25, -0.2) is 8.78 Å². The van der Waals surface area contributed by atoms with Crippen molar-refractivity contribution < 1.29 is 18.4 Å². The van der Waals surface area contributed by atoms with Crippen LogP contribution in [0.5, 0.6) is 0 Å². The highest BCUT2D eigenvalue weighted by Gasteiger charge is 2.40. The molecule has 2 amide bonds. The fraction of sp³-hybridized carbons (Fsp3) is 0.115. The standard InChI is InChI=1S/C26H19F2N3O2S/c1-16-2-12-21(13-3-16)31-25(33)23(14-17-4-6-18(27)7-5-17)34-26(31)22(15-29)24(32)30-20-10-8-19(28)9-11-20/h2-13,23H,14H2,1H3,(H,30,32)/b26-22+. The van der Waals surface area contributed by atoms with Crippen LogP contribution in [-0.2, 0) is 16.0 Å². The summed E-state index contributed by atoms with van der Waals surface area (Å²) in [4.78, 5) is 27.8. The Kier molecular flexibility index (Phi) is 6.75. The van der Waals surface area contributed by atoms with Gasteiger partial charge < -0.3 is 5.32 Å². The van der Waals surface area contributed by atoms with Crippen molar-refractivity contribution in [3.8, 4) is 6.07 Å². The number of hydrogen-bond acceptors (Lipinski definition) is 4. The predicted octanol–water partition coefficient (Wildman–Crippen LogP) is 5.34. The van der Waals surface area contributed by atoms with E-state index in [1.165, 1.54) is 41.3 Å². The first kappa shape index (κ1) is 23.2. The predicted molar refractivity (Wildman–Crippen MR) is 128 cm³/mol. The lowest BCUT2D eigenvalue weighted by Crippen LogP contribution is -2.30. The minimum atomic E-state index is -0.705. The van der Waals surface area contributed by atoms with E-state index < -0.39 is 17.0 Å². The highest BCUT2D eigenvalue weighted by Crippen LogP contribution is 2.42. The van der Waals surface area contributed by atoms with Gasteiger partial charge >= 0.3 is 0 Å². The van der Waals surface area contributed by atoms with Gasteiger partial charge in [0, 0.05) is 11.4 Å². The Balaban J connectivity index is 1.71. The van der Waals surface area contributed by atoms with E-state index in [1.54, 1.807) is 24.3 Å². The monoisotopic (exact) mass is 475 g/mol. The number of nitriles is 1. The molecule has 0 aromatic heterocycles. The number of halogens is 2. The molecule has 0 aliphatic carbocycles. The van der Waals surface area contributed by atoms with Crippen LogP contribution in [0.4, 0.5) is 20.2 Å². The number of hydrogen-bond donors (Lipinski definition) is 1. The maximum absolute atomic E-state index is 13.4. The van der Waals surface area contributed by atoms with Crippen LogP contribution in [0.2, 0.25) is 0 Å². The molecule has 3 aromatic rings. The van der Waals surface area contributed by atoms with E-state index in [4.69, 9.17) is 0 Å². The first-order valence-electron chi connectivity index (χ1n) is 10.4. The second kappa shape index (κ2) is 9.89. The van der Waals surface area contributed by atoms with Crippen molar-refractivity contribution in [1.29, 1.82) is 5.26 Å². The van der Waals surface area contributed by atoms with E-state index in [0.717, 1.165) is 22.9 Å². The maximum atomic E-state index is 13.4. The highest BCUT2D eigenvalue weighted by molar-refractivity contribution is 8.05. The van der Waals surface area contributed by atoms with Crippen molar-refractivity contribution in [2.24, 2.45) is 0 Å². The zero-order valence-corrected chi connectivity index (χ0v) is 18.9. The summed E-state index contributed by atoms with van der Waals surface area (Å²) in [5, 5.41) is 12.0. The third kappa shape index (κ3) is 5.00. The average Bonchev–Trinajstić information content (AvgIpc) is 3.13. The number of aryl methyl sites for hydroxylation is 1. The number of rotatable bonds is 5. The number of benzene rings is 3. The van der Waals surface area contributed by atoms with Crippen molar-refractivity contribution in [2.45, 2.75) is 18.6 Å². The Morgan fingerprint density at radius 2 is 1.59 bits per heavy atom. The molecule has 1 saturated heterocycles. The molecule has 1 atom stereocenters. The Hall–Kier alpha value is -3.96. The van der Waals surface area contributed by atoms with Crippen LogP contribution in [0.3, 0.4) is 0 Å². The van der Waals surface area contributed by atoms with Gasteiger partial charge in [-0.1, -0.05) is 41.6 Å². The molecule has 0 saturated carbocycles. The third-order valence-electron chi connectivity index (χ3n) is 5.23. The average molecular weight is 476 g/mol. The van der Waals surface area contributed by atoms with Gasteiger partial charge in [0.05, 0.1) is 5.25 Å². The molecular weight excluding hydrogens is 456 g/mol. The topological polar surface area (TPSA) is 73.2 Å². The Bertz CT molecular complexity index is 1300. The van der Waals surface area contributed by atoms with Crippen molar-refractivity contribution in [1.82, 2.24) is 0 Å². The molecular formula is C26H19F2N3O2S. The smallest absolute Gasteiger partial charge is 0.269 e. The quantitative estimate of drug-likeness (QED) is 0.400. The van der Waals surface area contributed by atoms with Crippen molar-refractivity contribution in [2.75, 3.05) is 10.2 Å². The zero-order chi connectivity index (χ0) is 24.2. The molecule has 0 bridgehead atoms. The Morgan fingerprint density at radius 3 is 2.18 bits per heavy atom. The molecule has 34 heavy (non-hydrogen) atoms. The molecule has 3 aromatic carbocycles. The number of anilines is 2. The fourth-order valence-electron chi connectivity index (χ4n) is 3.48. The summed E-state index contributed by atoms with van der Waals surface area (Å²) < 4.78 is 26.5. The van der Waals surface area contributed by atoms with E-state index >= 15 is 0 Å². The third-order valence-corrected chi connectivity index (χ3v) is 6.50. The number of nitrogens with one attached hydrogen (secondary N) is 1. The fourth-order valence-corrected chi connectivity index (χ4v) is 4.79. The molecule has 0 radical (unpaired) electrons. The van der Waals surface area contributed by atoms with Gasteiger partial charge in [-0.2, -0.15) is 5.26 Å². The van der Waals surface area contributed by atoms with Crippen molar-refractivity contribution in [3.05, 3.63) is 106 Å². The van der Waals surface area contributed by atoms with Gasteiger partial charge in [0.25, 0.3) is 5.91 Å². The number of carbonyl (C=O) groups excluding carboxylic acids is 2. The molecule has 8 heteroatoms. The Morgan fingerprint density at radius 1 is 1.00 bits per heavy atom. The van der Waals surface area contributed by atoms with Gasteiger partial charge in [-0.3, -0.25) is 14.5 Å². The van der Waals surface area contributed by atoms with Crippen LogP contribution in [0.1, 0.15) is 11.1 Å². The lowest BCUT2D eigenvalue weighted by molar-refractivity contribution is -0.117. The maximum Gasteiger partial charge on any atom is 0.269 e. The molecule has 0 spiro atoms. The second-order valence-electron chi connectivity index (χ2n) is 7.70. The molecule has 1 heterocycles. The molecule has 5 nitrogen and oxygen atoms in total. The molecule has 1 aliphatic rings.